The molecule has 0 N–H and O–H groups in total. The van der Waals surface area contributed by atoms with E-state index in [0.717, 1.165) is 30.7 Å². The number of aromatic nitrogens is 3. The molecule has 1 fully saturated rings. The molecule has 0 spiro atoms. The first-order valence-electron chi connectivity index (χ1n) is 12.0. The summed E-state index contributed by atoms with van der Waals surface area (Å²) in [7, 11) is 0. The fraction of sp³-hybridized carbons (Fsp3) is 0.370. The summed E-state index contributed by atoms with van der Waals surface area (Å²) in [5.41, 5.74) is 2.39. The first kappa shape index (κ1) is 26.2. The Bertz CT molecular complexity index is 1270. The van der Waals surface area contributed by atoms with Crippen LogP contribution in [-0.2, 0) is 40.0 Å². The molecule has 194 valence electrons. The topological polar surface area (TPSA) is 85.3 Å². The largest absolute Gasteiger partial charge is 0.466 e. The van der Waals surface area contributed by atoms with Crippen molar-refractivity contribution in [3.8, 4) is 11.1 Å². The van der Waals surface area contributed by atoms with Crippen LogP contribution in [0.5, 0.6) is 0 Å². The summed E-state index contributed by atoms with van der Waals surface area (Å²) in [6.07, 6.45) is 3.15. The predicted molar refractivity (Wildman–Crippen MR) is 129 cm³/mol. The second-order valence-corrected chi connectivity index (χ2v) is 9.05. The summed E-state index contributed by atoms with van der Waals surface area (Å²) >= 11 is 0. The first-order chi connectivity index (χ1) is 17.6. The van der Waals surface area contributed by atoms with Crippen molar-refractivity contribution >= 4 is 11.9 Å². The van der Waals surface area contributed by atoms with Gasteiger partial charge >= 0.3 is 12.1 Å². The molecule has 1 aliphatic carbocycles. The average Bonchev–Trinajstić information content (AvgIpc) is 3.70. The van der Waals surface area contributed by atoms with E-state index in [0.29, 0.717) is 27.9 Å². The van der Waals surface area contributed by atoms with Crippen molar-refractivity contribution in [1.82, 2.24) is 19.9 Å². The van der Waals surface area contributed by atoms with E-state index in [-0.39, 0.29) is 37.9 Å². The van der Waals surface area contributed by atoms with Crippen molar-refractivity contribution in [2.45, 2.75) is 52.4 Å². The number of rotatable bonds is 9. The molecule has 37 heavy (non-hydrogen) atoms. The highest BCUT2D eigenvalue weighted by atomic mass is 19.4. The molecule has 0 radical (unpaired) electrons. The van der Waals surface area contributed by atoms with Gasteiger partial charge in [0, 0.05) is 36.6 Å². The summed E-state index contributed by atoms with van der Waals surface area (Å²) in [4.78, 5) is 39.3. The number of ether oxygens (including phenoxy) is 1. The zero-order chi connectivity index (χ0) is 26.6. The third-order valence-electron chi connectivity index (χ3n) is 5.98. The van der Waals surface area contributed by atoms with E-state index >= 15 is 0 Å². The molecular weight excluding hydrogens is 485 g/mol. The van der Waals surface area contributed by atoms with E-state index in [4.69, 9.17) is 4.74 Å². The lowest BCUT2D eigenvalue weighted by molar-refractivity contribution is -0.142. The van der Waals surface area contributed by atoms with Crippen molar-refractivity contribution in [3.05, 3.63) is 77.1 Å². The van der Waals surface area contributed by atoms with Gasteiger partial charge in [-0.15, -0.1) is 0 Å². The van der Waals surface area contributed by atoms with Crippen LogP contribution < -0.4 is 0 Å². The van der Waals surface area contributed by atoms with E-state index in [1.165, 1.54) is 23.4 Å². The summed E-state index contributed by atoms with van der Waals surface area (Å²) < 4.78 is 45.9. The Hall–Kier alpha value is -3.82. The molecule has 0 saturated heterocycles. The third kappa shape index (κ3) is 6.90. The molecule has 3 aromatic rings. The number of esters is 1. The second kappa shape index (κ2) is 11.1. The zero-order valence-electron chi connectivity index (χ0n) is 20.6. The quantitative estimate of drug-likeness (QED) is 0.379. The number of carbonyl (C=O) groups excluding carboxylic acids is 2. The number of hydrogen-bond donors (Lipinski definition) is 0. The smallest absolute Gasteiger partial charge is 0.416 e. The summed E-state index contributed by atoms with van der Waals surface area (Å²) in [5, 5.41) is 0. The fourth-order valence-electron chi connectivity index (χ4n) is 4.00. The van der Waals surface area contributed by atoms with Gasteiger partial charge in [0.05, 0.1) is 42.7 Å². The van der Waals surface area contributed by atoms with Crippen molar-refractivity contribution in [1.29, 1.82) is 0 Å². The molecule has 1 aromatic carbocycles. The molecule has 0 atom stereocenters. The normalized spacial score (nSPS) is 13.3. The van der Waals surface area contributed by atoms with Crippen molar-refractivity contribution in [2.75, 3.05) is 6.61 Å². The predicted octanol–water partition coefficient (Wildman–Crippen LogP) is 4.91. The monoisotopic (exact) mass is 512 g/mol. The molecule has 4 rings (SSSR count). The minimum atomic E-state index is -4.55. The highest BCUT2D eigenvalue weighted by Crippen LogP contribution is 2.36. The highest BCUT2D eigenvalue weighted by Gasteiger charge is 2.35. The lowest BCUT2D eigenvalue weighted by Gasteiger charge is -2.25. The van der Waals surface area contributed by atoms with Crippen LogP contribution in [0, 0.1) is 12.8 Å². The molecule has 7 nitrogen and oxygen atoms in total. The van der Waals surface area contributed by atoms with Crippen LogP contribution in [0.3, 0.4) is 0 Å². The Morgan fingerprint density at radius 2 is 1.84 bits per heavy atom. The molecule has 2 aromatic heterocycles. The van der Waals surface area contributed by atoms with Gasteiger partial charge in [0.2, 0.25) is 5.91 Å². The van der Waals surface area contributed by atoms with Crippen molar-refractivity contribution in [3.63, 3.8) is 0 Å². The lowest BCUT2D eigenvalue weighted by Crippen LogP contribution is -2.32. The van der Waals surface area contributed by atoms with E-state index in [1.807, 2.05) is 0 Å². The highest BCUT2D eigenvalue weighted by molar-refractivity contribution is 5.81. The molecule has 1 saturated carbocycles. The van der Waals surface area contributed by atoms with Gasteiger partial charge in [0.25, 0.3) is 0 Å². The van der Waals surface area contributed by atoms with E-state index < -0.39 is 17.7 Å². The first-order valence-corrected chi connectivity index (χ1v) is 12.0. The maximum absolute atomic E-state index is 13.6. The number of halogens is 3. The molecule has 0 bridgehead atoms. The maximum atomic E-state index is 13.6. The lowest BCUT2D eigenvalue weighted by atomic mass is 9.96. The van der Waals surface area contributed by atoms with E-state index in [9.17, 15) is 22.8 Å². The Balaban J connectivity index is 1.71. The van der Waals surface area contributed by atoms with Crippen LogP contribution in [0.15, 0.2) is 49.1 Å². The molecule has 1 aliphatic rings. The summed E-state index contributed by atoms with van der Waals surface area (Å²) in [6, 6.07) is 5.17. The standard InChI is InChI=1S/C27H27F3N4O3/c1-3-37-25(35)9-18-8-20(13-31-12-18)24-7-6-22(27(28,29)30)10-21(24)15-34(26(36)19-4-5-19)16-23-14-32-17(2)11-33-23/h6-8,10-14,19H,3-5,9,15-16H2,1-2H3. The molecule has 0 unspecified atom stereocenters. The maximum Gasteiger partial charge on any atom is 0.416 e. The Labute approximate surface area is 212 Å². The average molecular weight is 513 g/mol. The van der Waals surface area contributed by atoms with E-state index in [2.05, 4.69) is 15.0 Å². The number of aryl methyl sites for hydroxylation is 1. The van der Waals surface area contributed by atoms with Crippen LogP contribution in [0.2, 0.25) is 0 Å². The van der Waals surface area contributed by atoms with Crippen LogP contribution in [0.1, 0.15) is 47.8 Å². The Morgan fingerprint density at radius 1 is 1.05 bits per heavy atom. The van der Waals surface area contributed by atoms with Crippen LogP contribution in [0.4, 0.5) is 13.2 Å². The zero-order valence-corrected chi connectivity index (χ0v) is 20.6. The van der Waals surface area contributed by atoms with Gasteiger partial charge in [0.15, 0.2) is 0 Å². The number of benzene rings is 1. The number of carbonyl (C=O) groups is 2. The minimum Gasteiger partial charge on any atom is -0.466 e. The van der Waals surface area contributed by atoms with Crippen LogP contribution in [0.25, 0.3) is 11.1 Å². The molecular formula is C27H27F3N4O3. The summed E-state index contributed by atoms with van der Waals surface area (Å²) in [5.74, 6) is -0.684. The second-order valence-electron chi connectivity index (χ2n) is 9.05. The van der Waals surface area contributed by atoms with Crippen LogP contribution in [-0.4, -0.2) is 38.3 Å². The van der Waals surface area contributed by atoms with Gasteiger partial charge in [-0.1, -0.05) is 6.07 Å². The van der Waals surface area contributed by atoms with Gasteiger partial charge in [-0.05, 0) is 61.6 Å². The summed E-state index contributed by atoms with van der Waals surface area (Å²) in [6.45, 7) is 3.82. The molecule has 0 aliphatic heterocycles. The van der Waals surface area contributed by atoms with Gasteiger partial charge in [-0.3, -0.25) is 24.5 Å². The van der Waals surface area contributed by atoms with Gasteiger partial charge < -0.3 is 9.64 Å². The van der Waals surface area contributed by atoms with E-state index in [1.54, 1.807) is 32.3 Å². The number of alkyl halides is 3. The van der Waals surface area contributed by atoms with Crippen LogP contribution >= 0.6 is 0 Å². The minimum absolute atomic E-state index is 0.0109. The SMILES string of the molecule is CCOC(=O)Cc1cncc(-c2ccc(C(F)(F)F)cc2CN(Cc2cnc(C)cn2)C(=O)C2CC2)c1. The van der Waals surface area contributed by atoms with Gasteiger partial charge in [-0.2, -0.15) is 13.2 Å². The Kier molecular flexibility index (Phi) is 7.85. The third-order valence-corrected chi connectivity index (χ3v) is 5.98. The fourth-order valence-corrected chi connectivity index (χ4v) is 4.00. The van der Waals surface area contributed by atoms with Crippen molar-refractivity contribution < 1.29 is 27.5 Å². The number of hydrogen-bond acceptors (Lipinski definition) is 6. The van der Waals surface area contributed by atoms with Gasteiger partial charge in [-0.25, -0.2) is 0 Å². The van der Waals surface area contributed by atoms with Crippen molar-refractivity contribution in [2.24, 2.45) is 5.92 Å². The molecule has 2 heterocycles. The number of pyridine rings is 1. The van der Waals surface area contributed by atoms with Gasteiger partial charge in [0.1, 0.15) is 0 Å². The number of amides is 1. The molecule has 1 amide bonds. The Morgan fingerprint density at radius 3 is 2.49 bits per heavy atom. The molecule has 10 heteroatoms. The number of nitrogens with zero attached hydrogens (tertiary/aromatic N) is 4.